The van der Waals surface area contributed by atoms with Crippen LogP contribution in [0.3, 0.4) is 0 Å². The number of aromatic amines is 1. The molecule has 7 nitrogen and oxygen atoms in total. The zero-order valence-corrected chi connectivity index (χ0v) is 20.6. The number of carbonyl (C=O) groups excluding carboxylic acids is 2. The second kappa shape index (κ2) is 9.00. The number of ketones is 1. The topological polar surface area (TPSA) is 95.5 Å². The smallest absolute Gasteiger partial charge is 0.302 e. The van der Waals surface area contributed by atoms with E-state index in [-0.39, 0.29) is 17.3 Å². The Kier molecular flexibility index (Phi) is 5.84. The van der Waals surface area contributed by atoms with E-state index >= 15 is 0 Å². The van der Waals surface area contributed by atoms with Gasteiger partial charge < -0.3 is 14.8 Å². The van der Waals surface area contributed by atoms with Crippen molar-refractivity contribution in [3.63, 3.8) is 0 Å². The van der Waals surface area contributed by atoms with Crippen molar-refractivity contribution < 1.29 is 19.4 Å². The van der Waals surface area contributed by atoms with Gasteiger partial charge in [0.05, 0.1) is 29.8 Å². The van der Waals surface area contributed by atoms with Crippen molar-refractivity contribution in [1.82, 2.24) is 9.97 Å². The van der Waals surface area contributed by atoms with Gasteiger partial charge in [0.25, 0.3) is 5.78 Å². The fourth-order valence-electron chi connectivity index (χ4n) is 4.58. The van der Waals surface area contributed by atoms with E-state index in [0.29, 0.717) is 22.4 Å². The number of fused-ring (bicyclic) bond motifs is 1. The highest BCUT2D eigenvalue weighted by atomic mass is 16.5. The van der Waals surface area contributed by atoms with Crippen LogP contribution in [0.1, 0.15) is 40.8 Å². The van der Waals surface area contributed by atoms with Gasteiger partial charge >= 0.3 is 5.91 Å². The second-order valence-electron chi connectivity index (χ2n) is 9.01. The van der Waals surface area contributed by atoms with Crippen LogP contribution in [0.2, 0.25) is 0 Å². The van der Waals surface area contributed by atoms with Gasteiger partial charge in [-0.15, -0.1) is 0 Å². The minimum absolute atomic E-state index is 0.0160. The maximum Gasteiger partial charge on any atom is 0.302 e. The number of Topliss-reactive ketones (excluding diaryl/α,β-unsaturated/α-hetero) is 1. The molecule has 0 bridgehead atoms. The number of hydrogen-bond acceptors (Lipinski definition) is 5. The molecule has 0 saturated carbocycles. The van der Waals surface area contributed by atoms with E-state index in [1.54, 1.807) is 43.5 Å². The van der Waals surface area contributed by atoms with Crippen LogP contribution in [-0.2, 0) is 16.0 Å². The lowest BCUT2D eigenvalue weighted by Gasteiger charge is -2.23. The van der Waals surface area contributed by atoms with Gasteiger partial charge in [-0.05, 0) is 66.8 Å². The predicted molar refractivity (Wildman–Crippen MR) is 139 cm³/mol. The number of nitrogens with zero attached hydrogens (tertiary/aromatic N) is 2. The van der Waals surface area contributed by atoms with Crippen LogP contribution >= 0.6 is 0 Å². The number of nitrogens with one attached hydrogen (secondary N) is 1. The molecule has 0 aliphatic carbocycles. The molecule has 0 spiro atoms. The minimum atomic E-state index is -0.871. The zero-order chi connectivity index (χ0) is 25.6. The number of methoxy groups -OCH3 is 1. The number of benzene rings is 3. The highest BCUT2D eigenvalue weighted by Gasteiger charge is 2.48. The van der Waals surface area contributed by atoms with Crippen LogP contribution in [0, 0.1) is 13.8 Å². The fraction of sp³-hybridized carbons (Fsp3) is 0.207. The standard InChI is InChI=1S/C29H27N3O4/c1-5-18-6-8-20(9-7-18)26(33)24-25(19-10-12-21(36-4)13-11-19)32(28(35)27(24)34)29-30-22-14-16(2)17(3)15-23(22)31-29/h6-15,25,33H,5H2,1-4H3,(H,30,31)/b26-24+. The van der Waals surface area contributed by atoms with Crippen molar-refractivity contribution in [3.05, 3.63) is 94.1 Å². The summed E-state index contributed by atoms with van der Waals surface area (Å²) in [4.78, 5) is 36.0. The molecule has 1 atom stereocenters. The van der Waals surface area contributed by atoms with Gasteiger partial charge in [0, 0.05) is 5.56 Å². The van der Waals surface area contributed by atoms with E-state index in [1.807, 2.05) is 45.0 Å². The summed E-state index contributed by atoms with van der Waals surface area (Å²) in [5, 5.41) is 11.3. The minimum Gasteiger partial charge on any atom is -0.507 e. The third-order valence-corrected chi connectivity index (χ3v) is 6.82. The van der Waals surface area contributed by atoms with E-state index in [0.717, 1.165) is 28.6 Å². The summed E-state index contributed by atoms with van der Waals surface area (Å²) in [6, 6.07) is 17.5. The molecule has 4 aromatic rings. The van der Waals surface area contributed by atoms with Crippen molar-refractivity contribution in [2.45, 2.75) is 33.2 Å². The Morgan fingerprint density at radius 3 is 2.33 bits per heavy atom. The molecule has 36 heavy (non-hydrogen) atoms. The van der Waals surface area contributed by atoms with Crippen molar-refractivity contribution in [2.24, 2.45) is 0 Å². The number of aromatic nitrogens is 2. The normalized spacial score (nSPS) is 17.2. The highest BCUT2D eigenvalue weighted by molar-refractivity contribution is 6.51. The second-order valence-corrected chi connectivity index (χ2v) is 9.01. The molecule has 1 amide bonds. The highest BCUT2D eigenvalue weighted by Crippen LogP contribution is 2.42. The third kappa shape index (κ3) is 3.82. The van der Waals surface area contributed by atoms with Crippen LogP contribution in [0.5, 0.6) is 5.75 Å². The third-order valence-electron chi connectivity index (χ3n) is 6.82. The fourth-order valence-corrected chi connectivity index (χ4v) is 4.58. The van der Waals surface area contributed by atoms with Gasteiger partial charge in [-0.2, -0.15) is 0 Å². The van der Waals surface area contributed by atoms with Crippen LogP contribution in [-0.4, -0.2) is 33.9 Å². The van der Waals surface area contributed by atoms with Crippen LogP contribution in [0.4, 0.5) is 5.95 Å². The van der Waals surface area contributed by atoms with Gasteiger partial charge in [0.2, 0.25) is 5.95 Å². The monoisotopic (exact) mass is 481 g/mol. The summed E-state index contributed by atoms with van der Waals surface area (Å²) < 4.78 is 5.29. The molecule has 2 heterocycles. The number of H-pyrrole nitrogens is 1. The first-order valence-electron chi connectivity index (χ1n) is 11.8. The number of aliphatic hydroxyl groups excluding tert-OH is 1. The number of ether oxygens (including phenoxy) is 1. The molecule has 5 rings (SSSR count). The SMILES string of the molecule is CCc1ccc(/C(O)=C2\C(=O)C(=O)N(c3nc4cc(C)c(C)cc4[nH]3)C2c2ccc(OC)cc2)cc1. The van der Waals surface area contributed by atoms with Crippen LogP contribution in [0.15, 0.2) is 66.2 Å². The number of carbonyl (C=O) groups is 2. The first kappa shape index (κ1) is 23.4. The Bertz CT molecular complexity index is 1480. The number of anilines is 1. The first-order valence-corrected chi connectivity index (χ1v) is 11.8. The first-order chi connectivity index (χ1) is 17.3. The van der Waals surface area contributed by atoms with E-state index in [1.165, 1.54) is 4.90 Å². The lowest BCUT2D eigenvalue weighted by Crippen LogP contribution is -2.30. The molecule has 1 aliphatic rings. The molecule has 7 heteroatoms. The van der Waals surface area contributed by atoms with E-state index in [4.69, 9.17) is 4.74 Å². The molecule has 1 saturated heterocycles. The summed E-state index contributed by atoms with van der Waals surface area (Å²) >= 11 is 0. The molecule has 0 radical (unpaired) electrons. The van der Waals surface area contributed by atoms with Crippen molar-refractivity contribution in [1.29, 1.82) is 0 Å². The maximum atomic E-state index is 13.4. The maximum absolute atomic E-state index is 13.4. The van der Waals surface area contributed by atoms with E-state index in [9.17, 15) is 14.7 Å². The van der Waals surface area contributed by atoms with Crippen molar-refractivity contribution in [2.75, 3.05) is 12.0 Å². The summed E-state index contributed by atoms with van der Waals surface area (Å²) in [5.41, 5.74) is 5.85. The number of rotatable bonds is 5. The molecule has 2 N–H and O–H groups in total. The lowest BCUT2D eigenvalue weighted by atomic mass is 9.95. The number of amides is 1. The molecule has 3 aromatic carbocycles. The Balaban J connectivity index is 1.70. The molecular weight excluding hydrogens is 454 g/mol. The van der Waals surface area contributed by atoms with Gasteiger partial charge in [-0.1, -0.05) is 43.3 Å². The number of hydrogen-bond donors (Lipinski definition) is 2. The lowest BCUT2D eigenvalue weighted by molar-refractivity contribution is -0.132. The molecule has 1 unspecified atom stereocenters. The summed E-state index contributed by atoms with van der Waals surface area (Å²) in [6.45, 7) is 6.04. The number of imidazole rings is 1. The van der Waals surface area contributed by atoms with Crippen molar-refractivity contribution in [3.8, 4) is 5.75 Å². The average Bonchev–Trinajstić information content (AvgIpc) is 3.41. The molecule has 1 aliphatic heterocycles. The average molecular weight is 482 g/mol. The molecule has 1 aromatic heterocycles. The van der Waals surface area contributed by atoms with Gasteiger partial charge in [0.15, 0.2) is 0 Å². The van der Waals surface area contributed by atoms with Crippen LogP contribution < -0.4 is 9.64 Å². The summed E-state index contributed by atoms with van der Waals surface area (Å²) in [5.74, 6) is -0.850. The van der Waals surface area contributed by atoms with Crippen molar-refractivity contribution >= 4 is 34.4 Å². The Morgan fingerprint density at radius 1 is 1.03 bits per heavy atom. The number of aliphatic hydroxyl groups is 1. The quantitative estimate of drug-likeness (QED) is 0.227. The molecular formula is C29H27N3O4. The molecule has 1 fully saturated rings. The van der Waals surface area contributed by atoms with E-state index in [2.05, 4.69) is 9.97 Å². The van der Waals surface area contributed by atoms with Gasteiger partial charge in [-0.3, -0.25) is 14.5 Å². The predicted octanol–water partition coefficient (Wildman–Crippen LogP) is 5.38. The Labute approximate surface area is 209 Å². The number of aryl methyl sites for hydroxylation is 3. The summed E-state index contributed by atoms with van der Waals surface area (Å²) in [6.07, 6.45) is 0.849. The largest absolute Gasteiger partial charge is 0.507 e. The summed E-state index contributed by atoms with van der Waals surface area (Å²) in [7, 11) is 1.57. The van der Waals surface area contributed by atoms with Gasteiger partial charge in [-0.25, -0.2) is 4.98 Å². The Morgan fingerprint density at radius 2 is 1.69 bits per heavy atom. The zero-order valence-electron chi connectivity index (χ0n) is 20.6. The molecule has 182 valence electrons. The van der Waals surface area contributed by atoms with Crippen LogP contribution in [0.25, 0.3) is 16.8 Å². The van der Waals surface area contributed by atoms with Gasteiger partial charge in [0.1, 0.15) is 11.5 Å². The van der Waals surface area contributed by atoms with E-state index < -0.39 is 17.7 Å². The Hall–Kier alpha value is -4.39.